The fourth-order valence-corrected chi connectivity index (χ4v) is 3.02. The standard InChI is InChI=1S/C16H11Cl2N5/c17-8-14-21-22-15-9-20-16(12-3-1-2-6-19-12)11-7-10(18)4-5-13(11)23(14)15/h1-7H,8-9H2. The number of halogens is 2. The van der Waals surface area contributed by atoms with Crippen molar-refractivity contribution in [2.45, 2.75) is 12.4 Å². The molecule has 0 saturated heterocycles. The second-order valence-electron chi connectivity index (χ2n) is 5.04. The molecule has 5 nitrogen and oxygen atoms in total. The van der Waals surface area contributed by atoms with E-state index in [9.17, 15) is 0 Å². The third-order valence-corrected chi connectivity index (χ3v) is 4.13. The van der Waals surface area contributed by atoms with Crippen molar-refractivity contribution < 1.29 is 0 Å². The van der Waals surface area contributed by atoms with Gasteiger partial charge < -0.3 is 0 Å². The van der Waals surface area contributed by atoms with Gasteiger partial charge in [0.05, 0.1) is 23.0 Å². The molecule has 0 radical (unpaired) electrons. The molecule has 3 heterocycles. The molecule has 0 fully saturated rings. The van der Waals surface area contributed by atoms with Crippen LogP contribution < -0.4 is 0 Å². The minimum atomic E-state index is 0.272. The molecule has 0 atom stereocenters. The molecule has 1 aliphatic heterocycles. The predicted octanol–water partition coefficient (Wildman–Crippen LogP) is 3.41. The lowest BCUT2D eigenvalue weighted by atomic mass is 10.0. The fraction of sp³-hybridized carbons (Fsp3) is 0.125. The zero-order chi connectivity index (χ0) is 15.8. The largest absolute Gasteiger partial charge is 0.280 e. The first kappa shape index (κ1) is 14.4. The summed E-state index contributed by atoms with van der Waals surface area (Å²) in [7, 11) is 0. The van der Waals surface area contributed by atoms with Crippen LogP contribution in [0.4, 0.5) is 0 Å². The second-order valence-corrected chi connectivity index (χ2v) is 5.75. The molecule has 1 aliphatic rings. The highest BCUT2D eigenvalue weighted by molar-refractivity contribution is 6.31. The van der Waals surface area contributed by atoms with Crippen LogP contribution in [0, 0.1) is 0 Å². The van der Waals surface area contributed by atoms with Crippen LogP contribution >= 0.6 is 23.2 Å². The predicted molar refractivity (Wildman–Crippen MR) is 89.5 cm³/mol. The van der Waals surface area contributed by atoms with E-state index in [2.05, 4.69) is 15.2 Å². The summed E-state index contributed by atoms with van der Waals surface area (Å²) in [5.74, 6) is 1.70. The SMILES string of the molecule is ClCc1nnc2n1-c1ccc(Cl)cc1C(c1ccccn1)=NC2. The van der Waals surface area contributed by atoms with E-state index in [1.165, 1.54) is 0 Å². The minimum Gasteiger partial charge on any atom is -0.280 e. The summed E-state index contributed by atoms with van der Waals surface area (Å²) in [5, 5.41) is 8.98. The van der Waals surface area contributed by atoms with E-state index in [4.69, 9.17) is 28.2 Å². The summed E-state index contributed by atoms with van der Waals surface area (Å²) in [6.45, 7) is 0.405. The van der Waals surface area contributed by atoms with E-state index in [-0.39, 0.29) is 5.88 Å². The van der Waals surface area contributed by atoms with Gasteiger partial charge >= 0.3 is 0 Å². The molecule has 4 rings (SSSR count). The van der Waals surface area contributed by atoms with Crippen molar-refractivity contribution in [1.29, 1.82) is 0 Å². The quantitative estimate of drug-likeness (QED) is 0.670. The first-order chi connectivity index (χ1) is 11.3. The van der Waals surface area contributed by atoms with Gasteiger partial charge in [-0.05, 0) is 30.3 Å². The summed E-state index contributed by atoms with van der Waals surface area (Å²) in [5.41, 5.74) is 3.38. The number of aliphatic imine (C=N–C) groups is 1. The Labute approximate surface area is 142 Å². The summed E-state index contributed by atoms with van der Waals surface area (Å²) < 4.78 is 1.94. The van der Waals surface area contributed by atoms with Crippen LogP contribution in [-0.4, -0.2) is 25.5 Å². The van der Waals surface area contributed by atoms with Crippen LogP contribution in [0.3, 0.4) is 0 Å². The topological polar surface area (TPSA) is 56.0 Å². The monoisotopic (exact) mass is 343 g/mol. The Morgan fingerprint density at radius 3 is 2.83 bits per heavy atom. The van der Waals surface area contributed by atoms with Crippen LogP contribution in [-0.2, 0) is 12.4 Å². The van der Waals surface area contributed by atoms with Gasteiger partial charge in [0.15, 0.2) is 11.6 Å². The molecule has 0 N–H and O–H groups in total. The maximum absolute atomic E-state index is 6.22. The number of hydrogen-bond donors (Lipinski definition) is 0. The van der Waals surface area contributed by atoms with Crippen LogP contribution in [0.5, 0.6) is 0 Å². The fourth-order valence-electron chi connectivity index (χ4n) is 2.67. The lowest BCUT2D eigenvalue weighted by Crippen LogP contribution is -2.10. The Kier molecular flexibility index (Phi) is 3.59. The molecule has 0 amide bonds. The Morgan fingerprint density at radius 1 is 1.13 bits per heavy atom. The van der Waals surface area contributed by atoms with Crippen LogP contribution in [0.15, 0.2) is 47.6 Å². The molecule has 2 aromatic heterocycles. The Morgan fingerprint density at radius 2 is 2.04 bits per heavy atom. The van der Waals surface area contributed by atoms with Gasteiger partial charge in [0, 0.05) is 16.8 Å². The molecule has 0 saturated carbocycles. The molecule has 0 spiro atoms. The molecular weight excluding hydrogens is 333 g/mol. The molecule has 114 valence electrons. The number of pyridine rings is 1. The highest BCUT2D eigenvalue weighted by Crippen LogP contribution is 2.28. The van der Waals surface area contributed by atoms with Crippen molar-refractivity contribution in [2.75, 3.05) is 0 Å². The van der Waals surface area contributed by atoms with Crippen molar-refractivity contribution >= 4 is 28.9 Å². The van der Waals surface area contributed by atoms with Crippen LogP contribution in [0.25, 0.3) is 5.69 Å². The third-order valence-electron chi connectivity index (χ3n) is 3.66. The summed E-state index contributed by atoms with van der Waals surface area (Å²) in [6.07, 6.45) is 1.75. The van der Waals surface area contributed by atoms with Crippen LogP contribution in [0.1, 0.15) is 22.9 Å². The lowest BCUT2D eigenvalue weighted by molar-refractivity contribution is 0.858. The average molecular weight is 344 g/mol. The third kappa shape index (κ3) is 2.42. The number of alkyl halides is 1. The molecular formula is C16H11Cl2N5. The highest BCUT2D eigenvalue weighted by atomic mass is 35.5. The van der Waals surface area contributed by atoms with E-state index in [1.54, 1.807) is 6.20 Å². The van der Waals surface area contributed by atoms with E-state index >= 15 is 0 Å². The Balaban J connectivity index is 2.00. The summed E-state index contributed by atoms with van der Waals surface area (Å²) in [4.78, 5) is 9.11. The van der Waals surface area contributed by atoms with E-state index in [0.29, 0.717) is 17.4 Å². The van der Waals surface area contributed by atoms with Crippen molar-refractivity contribution in [1.82, 2.24) is 19.7 Å². The van der Waals surface area contributed by atoms with Crippen molar-refractivity contribution in [3.05, 3.63) is 70.5 Å². The van der Waals surface area contributed by atoms with E-state index in [1.807, 2.05) is 41.0 Å². The Hall–Kier alpha value is -2.24. The molecule has 0 bridgehead atoms. The van der Waals surface area contributed by atoms with Gasteiger partial charge in [-0.3, -0.25) is 14.5 Å². The number of rotatable bonds is 2. The summed E-state index contributed by atoms with van der Waals surface area (Å²) >= 11 is 12.2. The van der Waals surface area contributed by atoms with Gasteiger partial charge in [-0.2, -0.15) is 0 Å². The maximum atomic E-state index is 6.22. The highest BCUT2D eigenvalue weighted by Gasteiger charge is 2.23. The normalized spacial score (nSPS) is 13.0. The average Bonchev–Trinajstić information content (AvgIpc) is 2.92. The zero-order valence-corrected chi connectivity index (χ0v) is 13.5. The lowest BCUT2D eigenvalue weighted by Gasteiger charge is -2.12. The number of benzene rings is 1. The smallest absolute Gasteiger partial charge is 0.159 e. The Bertz CT molecular complexity index is 902. The van der Waals surface area contributed by atoms with Gasteiger partial charge in [-0.1, -0.05) is 17.7 Å². The molecule has 1 aromatic carbocycles. The first-order valence-corrected chi connectivity index (χ1v) is 7.94. The second kappa shape index (κ2) is 5.76. The molecule has 0 unspecified atom stereocenters. The molecule has 7 heteroatoms. The number of nitrogens with zero attached hydrogens (tertiary/aromatic N) is 5. The van der Waals surface area contributed by atoms with Gasteiger partial charge in [0.1, 0.15) is 6.54 Å². The maximum Gasteiger partial charge on any atom is 0.159 e. The molecule has 3 aromatic rings. The number of aromatic nitrogens is 4. The van der Waals surface area contributed by atoms with E-state index in [0.717, 1.165) is 28.5 Å². The molecule has 0 aliphatic carbocycles. The molecule has 23 heavy (non-hydrogen) atoms. The van der Waals surface area contributed by atoms with Crippen molar-refractivity contribution in [2.24, 2.45) is 4.99 Å². The first-order valence-electron chi connectivity index (χ1n) is 7.03. The number of hydrogen-bond acceptors (Lipinski definition) is 4. The minimum absolute atomic E-state index is 0.272. The number of fused-ring (bicyclic) bond motifs is 3. The van der Waals surface area contributed by atoms with Gasteiger partial charge in [0.2, 0.25) is 0 Å². The zero-order valence-electron chi connectivity index (χ0n) is 11.9. The van der Waals surface area contributed by atoms with Crippen molar-refractivity contribution in [3.63, 3.8) is 0 Å². The van der Waals surface area contributed by atoms with E-state index < -0.39 is 0 Å². The van der Waals surface area contributed by atoms with Gasteiger partial charge in [-0.15, -0.1) is 21.8 Å². The van der Waals surface area contributed by atoms with Gasteiger partial charge in [0.25, 0.3) is 0 Å². The van der Waals surface area contributed by atoms with Gasteiger partial charge in [-0.25, -0.2) is 0 Å². The van der Waals surface area contributed by atoms with Crippen molar-refractivity contribution in [3.8, 4) is 5.69 Å². The van der Waals surface area contributed by atoms with Crippen LogP contribution in [0.2, 0.25) is 5.02 Å². The summed E-state index contributed by atoms with van der Waals surface area (Å²) in [6, 6.07) is 11.4.